The molecule has 4 N–H and O–H groups in total. The zero-order valence-electron chi connectivity index (χ0n) is 11.5. The topological polar surface area (TPSA) is 101 Å². The molecule has 2 aromatic rings. The third-order valence-corrected chi connectivity index (χ3v) is 3.30. The molecule has 1 aliphatic rings. The molecule has 118 valence electrons. The Hall–Kier alpha value is -2.09. The first kappa shape index (κ1) is 17.3. The minimum Gasteiger partial charge on any atom is -0.741 e. The Kier molecular flexibility index (Phi) is 5.25. The van der Waals surface area contributed by atoms with Crippen molar-refractivity contribution < 1.29 is 16.5 Å². The van der Waals surface area contributed by atoms with Crippen LogP contribution in [0.2, 0.25) is 0 Å². The summed E-state index contributed by atoms with van der Waals surface area (Å²) < 4.78 is 0. The average molecular weight is 385 g/mol. The maximum Gasteiger partial charge on any atom is 2.00 e. The fourth-order valence-corrected chi connectivity index (χ4v) is 2.47. The smallest absolute Gasteiger partial charge is 0.741 e. The Balaban J connectivity index is 0.00000192. The van der Waals surface area contributed by atoms with Crippen LogP contribution in [0, 0.1) is 0 Å². The van der Waals surface area contributed by atoms with Gasteiger partial charge in [-0.1, -0.05) is 36.4 Å². The molecule has 0 saturated heterocycles. The molecule has 0 radical (unpaired) electrons. The zero-order chi connectivity index (χ0) is 15.7. The van der Waals surface area contributed by atoms with Gasteiger partial charge >= 0.3 is 16.5 Å². The molecule has 0 aliphatic heterocycles. The van der Waals surface area contributed by atoms with Crippen LogP contribution in [0.1, 0.15) is 11.1 Å². The molecule has 9 heteroatoms. The summed E-state index contributed by atoms with van der Waals surface area (Å²) in [5.41, 5.74) is 13.7. The standard InChI is InChI=1S/C14H12N6S2.Ni/c15-13(21)19-17-11-8-5-1-3-7-4-2-6-9(10(7)8)12(11)18-20-14(16)22;/h1-6H,(H3,15,19,21)(H3,16,20,22);/q;+2/p-2/b17-11-,18-12+;. The fourth-order valence-electron chi connectivity index (χ4n) is 2.39. The van der Waals surface area contributed by atoms with E-state index in [9.17, 15) is 0 Å². The summed E-state index contributed by atoms with van der Waals surface area (Å²) in [6.45, 7) is 0. The van der Waals surface area contributed by atoms with Crippen molar-refractivity contribution in [3.8, 4) is 0 Å². The number of benzene rings is 2. The molecule has 3 rings (SSSR count). The van der Waals surface area contributed by atoms with Gasteiger partial charge in [0.1, 0.15) is 11.4 Å². The summed E-state index contributed by atoms with van der Waals surface area (Å²) in [5.74, 6) is 0. The van der Waals surface area contributed by atoms with E-state index in [-0.39, 0.29) is 26.8 Å². The first-order valence-corrected chi connectivity index (χ1v) is 7.08. The Morgan fingerprint density at radius 1 is 0.783 bits per heavy atom. The van der Waals surface area contributed by atoms with Crippen LogP contribution in [0.4, 0.5) is 0 Å². The van der Waals surface area contributed by atoms with Gasteiger partial charge < -0.3 is 36.7 Å². The van der Waals surface area contributed by atoms with E-state index in [1.165, 1.54) is 0 Å². The number of nitrogens with two attached hydrogens (primary N) is 2. The molecule has 0 spiro atoms. The maximum absolute atomic E-state index is 5.39. The van der Waals surface area contributed by atoms with Crippen molar-refractivity contribution in [2.24, 2.45) is 31.9 Å². The maximum atomic E-state index is 5.39. The Labute approximate surface area is 153 Å². The molecule has 0 saturated carbocycles. The largest absolute Gasteiger partial charge is 2.00 e. The van der Waals surface area contributed by atoms with Gasteiger partial charge in [0.05, 0.1) is 0 Å². The summed E-state index contributed by atoms with van der Waals surface area (Å²) in [4.78, 5) is 0. The van der Waals surface area contributed by atoms with Gasteiger partial charge in [0.25, 0.3) is 0 Å². The van der Waals surface area contributed by atoms with Gasteiger partial charge in [0.2, 0.25) is 0 Å². The summed E-state index contributed by atoms with van der Waals surface area (Å²) in [7, 11) is 0. The molecule has 0 amide bonds. The monoisotopic (exact) mass is 384 g/mol. The Morgan fingerprint density at radius 3 is 1.61 bits per heavy atom. The van der Waals surface area contributed by atoms with Gasteiger partial charge in [-0.2, -0.15) is 10.2 Å². The first-order valence-electron chi connectivity index (χ1n) is 6.27. The number of amidine groups is 2. The van der Waals surface area contributed by atoms with Crippen LogP contribution in [0.15, 0.2) is 56.8 Å². The van der Waals surface area contributed by atoms with Gasteiger partial charge in [-0.25, -0.2) is 0 Å². The summed E-state index contributed by atoms with van der Waals surface area (Å²) in [6.07, 6.45) is 0. The van der Waals surface area contributed by atoms with Gasteiger partial charge in [-0.3, -0.25) is 0 Å². The third-order valence-electron chi connectivity index (χ3n) is 3.14. The third kappa shape index (κ3) is 3.31. The van der Waals surface area contributed by atoms with Gasteiger partial charge in [0.15, 0.2) is 0 Å². The molecular formula is C14H10N6NiS2. The summed E-state index contributed by atoms with van der Waals surface area (Å²) in [6, 6.07) is 11.8. The van der Waals surface area contributed by atoms with Crippen LogP contribution in [0.25, 0.3) is 10.8 Å². The Morgan fingerprint density at radius 2 is 1.22 bits per heavy atom. The molecule has 1 aliphatic carbocycles. The molecule has 0 unspecified atom stereocenters. The average Bonchev–Trinajstić information content (AvgIpc) is 2.79. The van der Waals surface area contributed by atoms with Gasteiger partial charge in [-0.05, 0) is 15.7 Å². The summed E-state index contributed by atoms with van der Waals surface area (Å²) in [5, 5.41) is 17.8. The van der Waals surface area contributed by atoms with E-state index in [0.717, 1.165) is 21.9 Å². The van der Waals surface area contributed by atoms with E-state index < -0.39 is 0 Å². The van der Waals surface area contributed by atoms with E-state index >= 15 is 0 Å². The zero-order valence-corrected chi connectivity index (χ0v) is 14.2. The van der Waals surface area contributed by atoms with Crippen molar-refractivity contribution in [1.29, 1.82) is 0 Å². The second kappa shape index (κ2) is 6.99. The minimum atomic E-state index is -0.0544. The number of rotatable bonds is 2. The van der Waals surface area contributed by atoms with Crippen molar-refractivity contribution in [3.63, 3.8) is 0 Å². The molecule has 23 heavy (non-hydrogen) atoms. The van der Waals surface area contributed by atoms with Crippen molar-refractivity contribution in [2.75, 3.05) is 0 Å². The molecule has 0 bridgehead atoms. The first-order chi connectivity index (χ1) is 10.6. The van der Waals surface area contributed by atoms with Crippen LogP contribution in [0.3, 0.4) is 0 Å². The van der Waals surface area contributed by atoms with E-state index in [1.54, 1.807) is 0 Å². The van der Waals surface area contributed by atoms with E-state index in [2.05, 4.69) is 20.4 Å². The quantitative estimate of drug-likeness (QED) is 0.265. The van der Waals surface area contributed by atoms with E-state index in [4.69, 9.17) is 36.7 Å². The van der Waals surface area contributed by atoms with Crippen molar-refractivity contribution in [3.05, 3.63) is 47.5 Å². The van der Waals surface area contributed by atoms with Gasteiger partial charge in [-0.15, -0.1) is 10.2 Å². The molecule has 0 atom stereocenters. The van der Waals surface area contributed by atoms with E-state index in [0.29, 0.717) is 11.4 Å². The van der Waals surface area contributed by atoms with Crippen LogP contribution >= 0.6 is 0 Å². The van der Waals surface area contributed by atoms with E-state index in [1.807, 2.05) is 36.4 Å². The molecule has 0 fully saturated rings. The number of hydrogen-bond acceptors (Lipinski definition) is 6. The van der Waals surface area contributed by atoms with Crippen LogP contribution < -0.4 is 11.5 Å². The normalized spacial score (nSPS) is 17.7. The molecule has 0 heterocycles. The predicted octanol–water partition coefficient (Wildman–Crippen LogP) is 0.982. The number of hydrogen-bond donors (Lipinski definition) is 2. The SMILES string of the molecule is N/C([S-])=N/N=C1/C(=N\N=C(/N)[S-])c2cccc3cccc1c23.[Ni+2]. The molecule has 6 nitrogen and oxygen atoms in total. The van der Waals surface area contributed by atoms with Crippen molar-refractivity contribution >= 4 is 57.8 Å². The fraction of sp³-hybridized carbons (Fsp3) is 0. The summed E-state index contributed by atoms with van der Waals surface area (Å²) >= 11 is 9.49. The van der Waals surface area contributed by atoms with Crippen LogP contribution in [-0.2, 0) is 41.7 Å². The van der Waals surface area contributed by atoms with Crippen molar-refractivity contribution in [2.45, 2.75) is 0 Å². The van der Waals surface area contributed by atoms with Crippen molar-refractivity contribution in [1.82, 2.24) is 0 Å². The second-order valence-electron chi connectivity index (χ2n) is 4.48. The molecule has 2 aromatic carbocycles. The minimum absolute atomic E-state index is 0. The van der Waals surface area contributed by atoms with Gasteiger partial charge in [0, 0.05) is 16.5 Å². The predicted molar refractivity (Wildman–Crippen MR) is 95.0 cm³/mol. The van der Waals surface area contributed by atoms with Crippen LogP contribution in [0.5, 0.6) is 0 Å². The Bertz CT molecular complexity index is 811. The molecular weight excluding hydrogens is 375 g/mol. The van der Waals surface area contributed by atoms with Crippen LogP contribution in [-0.4, -0.2) is 21.8 Å². The number of nitrogens with zero attached hydrogens (tertiary/aromatic N) is 4. The second-order valence-corrected chi connectivity index (χ2v) is 5.32. The molecule has 0 aromatic heterocycles.